The second-order valence-corrected chi connectivity index (χ2v) is 5.49. The monoisotopic (exact) mass is 264 g/mol. The highest BCUT2D eigenvalue weighted by Gasteiger charge is 2.19. The summed E-state index contributed by atoms with van der Waals surface area (Å²) >= 11 is 0. The van der Waals surface area contributed by atoms with Gasteiger partial charge in [0.2, 0.25) is 0 Å². The van der Waals surface area contributed by atoms with Crippen LogP contribution in [0.3, 0.4) is 0 Å². The number of methoxy groups -OCH3 is 1. The molecule has 0 spiro atoms. The van der Waals surface area contributed by atoms with Crippen molar-refractivity contribution in [3.8, 4) is 0 Å². The first-order valence-electron chi connectivity index (χ1n) is 7.13. The van der Waals surface area contributed by atoms with E-state index >= 15 is 0 Å². The van der Waals surface area contributed by atoms with E-state index in [-0.39, 0.29) is 5.41 Å². The Morgan fingerprint density at radius 3 is 2.21 bits per heavy atom. The molecule has 0 aliphatic carbocycles. The van der Waals surface area contributed by atoms with Gasteiger partial charge in [-0.1, -0.05) is 44.2 Å². The van der Waals surface area contributed by atoms with E-state index in [0.717, 1.165) is 39.2 Å². The average molecular weight is 264 g/mol. The third kappa shape index (κ3) is 6.71. The molecule has 2 N–H and O–H groups in total. The zero-order valence-corrected chi connectivity index (χ0v) is 12.5. The van der Waals surface area contributed by atoms with E-state index in [2.05, 4.69) is 54.8 Å². The Balaban J connectivity index is 2.12. The SMILES string of the molecule is COCCNCCNCCC(C)(C)c1ccccc1. The van der Waals surface area contributed by atoms with Crippen LogP contribution in [-0.2, 0) is 10.2 Å². The first-order valence-corrected chi connectivity index (χ1v) is 7.13. The molecule has 0 bridgehead atoms. The summed E-state index contributed by atoms with van der Waals surface area (Å²) in [5.41, 5.74) is 1.65. The normalized spacial score (nSPS) is 11.7. The molecule has 1 aromatic carbocycles. The molecule has 0 aliphatic rings. The van der Waals surface area contributed by atoms with Gasteiger partial charge in [0.1, 0.15) is 0 Å². The maximum atomic E-state index is 4.98. The topological polar surface area (TPSA) is 33.3 Å². The van der Waals surface area contributed by atoms with Gasteiger partial charge in [-0.2, -0.15) is 0 Å². The van der Waals surface area contributed by atoms with Crippen LogP contribution in [0.5, 0.6) is 0 Å². The summed E-state index contributed by atoms with van der Waals surface area (Å²) in [6.07, 6.45) is 1.15. The van der Waals surface area contributed by atoms with Crippen LogP contribution in [-0.4, -0.2) is 39.9 Å². The summed E-state index contributed by atoms with van der Waals surface area (Å²) in [7, 11) is 1.73. The van der Waals surface area contributed by atoms with Crippen molar-refractivity contribution in [2.75, 3.05) is 39.9 Å². The van der Waals surface area contributed by atoms with Crippen molar-refractivity contribution in [1.29, 1.82) is 0 Å². The molecule has 0 saturated carbocycles. The minimum atomic E-state index is 0.234. The Hall–Kier alpha value is -0.900. The number of ether oxygens (including phenoxy) is 1. The summed E-state index contributed by atoms with van der Waals surface area (Å²) < 4.78 is 4.98. The predicted molar refractivity (Wildman–Crippen MR) is 81.7 cm³/mol. The van der Waals surface area contributed by atoms with Crippen LogP contribution in [0, 0.1) is 0 Å². The lowest BCUT2D eigenvalue weighted by atomic mass is 9.81. The molecule has 0 heterocycles. The lowest BCUT2D eigenvalue weighted by Crippen LogP contribution is -2.32. The third-order valence-corrected chi connectivity index (χ3v) is 3.44. The largest absolute Gasteiger partial charge is 0.383 e. The molecule has 0 aromatic heterocycles. The van der Waals surface area contributed by atoms with Crippen LogP contribution >= 0.6 is 0 Å². The van der Waals surface area contributed by atoms with Crippen LogP contribution in [0.25, 0.3) is 0 Å². The zero-order chi connectivity index (χ0) is 14.0. The zero-order valence-electron chi connectivity index (χ0n) is 12.5. The van der Waals surface area contributed by atoms with E-state index in [1.807, 2.05) is 0 Å². The highest BCUT2D eigenvalue weighted by molar-refractivity contribution is 5.23. The molecule has 19 heavy (non-hydrogen) atoms. The van der Waals surface area contributed by atoms with Crippen molar-refractivity contribution in [1.82, 2.24) is 10.6 Å². The first kappa shape index (κ1) is 16.2. The average Bonchev–Trinajstić information content (AvgIpc) is 2.43. The minimum Gasteiger partial charge on any atom is -0.383 e. The second-order valence-electron chi connectivity index (χ2n) is 5.49. The van der Waals surface area contributed by atoms with Gasteiger partial charge in [-0.3, -0.25) is 0 Å². The fourth-order valence-corrected chi connectivity index (χ4v) is 2.04. The van der Waals surface area contributed by atoms with Gasteiger partial charge in [0.05, 0.1) is 6.61 Å². The van der Waals surface area contributed by atoms with Crippen LogP contribution in [0.4, 0.5) is 0 Å². The van der Waals surface area contributed by atoms with Crippen LogP contribution in [0.2, 0.25) is 0 Å². The van der Waals surface area contributed by atoms with Gasteiger partial charge in [0.15, 0.2) is 0 Å². The van der Waals surface area contributed by atoms with E-state index < -0.39 is 0 Å². The molecule has 0 amide bonds. The van der Waals surface area contributed by atoms with Crippen molar-refractivity contribution in [2.24, 2.45) is 0 Å². The number of hydrogen-bond acceptors (Lipinski definition) is 3. The summed E-state index contributed by atoms with van der Waals surface area (Å²) in [6.45, 7) is 9.37. The highest BCUT2D eigenvalue weighted by Crippen LogP contribution is 2.25. The van der Waals surface area contributed by atoms with Gasteiger partial charge in [0, 0.05) is 26.7 Å². The third-order valence-electron chi connectivity index (χ3n) is 3.44. The van der Waals surface area contributed by atoms with Crippen LogP contribution < -0.4 is 10.6 Å². The summed E-state index contributed by atoms with van der Waals surface area (Å²) in [4.78, 5) is 0. The van der Waals surface area contributed by atoms with E-state index in [9.17, 15) is 0 Å². The highest BCUT2D eigenvalue weighted by atomic mass is 16.5. The number of nitrogens with one attached hydrogen (secondary N) is 2. The Labute approximate surface area is 117 Å². The fraction of sp³-hybridized carbons (Fsp3) is 0.625. The Bertz CT molecular complexity index is 325. The molecule has 0 radical (unpaired) electrons. The van der Waals surface area contributed by atoms with E-state index in [1.54, 1.807) is 7.11 Å². The standard InChI is InChI=1S/C16H28N2O/c1-16(2,15-7-5-4-6-8-15)9-10-17-11-12-18-13-14-19-3/h4-8,17-18H,9-14H2,1-3H3. The quantitative estimate of drug-likeness (QED) is 0.636. The molecule has 0 aliphatic heterocycles. The summed E-state index contributed by atoms with van der Waals surface area (Å²) in [5.74, 6) is 0. The van der Waals surface area contributed by atoms with E-state index in [4.69, 9.17) is 4.74 Å². The molecule has 3 heteroatoms. The van der Waals surface area contributed by atoms with Crippen LogP contribution in [0.1, 0.15) is 25.8 Å². The van der Waals surface area contributed by atoms with Gasteiger partial charge in [-0.15, -0.1) is 0 Å². The van der Waals surface area contributed by atoms with Crippen molar-refractivity contribution in [3.63, 3.8) is 0 Å². The first-order chi connectivity index (χ1) is 9.17. The molecule has 1 aromatic rings. The smallest absolute Gasteiger partial charge is 0.0587 e. The molecular weight excluding hydrogens is 236 g/mol. The predicted octanol–water partition coefficient (Wildman–Crippen LogP) is 2.18. The van der Waals surface area contributed by atoms with E-state index in [0.29, 0.717) is 0 Å². The minimum absolute atomic E-state index is 0.234. The molecule has 0 fully saturated rings. The molecule has 108 valence electrons. The molecule has 0 saturated heterocycles. The molecular formula is C16H28N2O. The molecule has 0 unspecified atom stereocenters. The van der Waals surface area contributed by atoms with Crippen molar-refractivity contribution >= 4 is 0 Å². The molecule has 1 rings (SSSR count). The second kappa shape index (κ2) is 9.08. The Morgan fingerprint density at radius 1 is 0.947 bits per heavy atom. The lowest BCUT2D eigenvalue weighted by Gasteiger charge is -2.25. The number of rotatable bonds is 10. The fourth-order valence-electron chi connectivity index (χ4n) is 2.04. The van der Waals surface area contributed by atoms with Crippen molar-refractivity contribution in [3.05, 3.63) is 35.9 Å². The summed E-state index contributed by atoms with van der Waals surface area (Å²) in [6, 6.07) is 10.7. The van der Waals surface area contributed by atoms with Gasteiger partial charge >= 0.3 is 0 Å². The molecule has 0 atom stereocenters. The Morgan fingerprint density at radius 2 is 1.58 bits per heavy atom. The summed E-state index contributed by atoms with van der Waals surface area (Å²) in [5, 5.41) is 6.81. The van der Waals surface area contributed by atoms with E-state index in [1.165, 1.54) is 5.56 Å². The maximum Gasteiger partial charge on any atom is 0.0587 e. The van der Waals surface area contributed by atoms with Crippen molar-refractivity contribution in [2.45, 2.75) is 25.7 Å². The maximum absolute atomic E-state index is 4.98. The lowest BCUT2D eigenvalue weighted by molar-refractivity contribution is 0.199. The number of hydrogen-bond donors (Lipinski definition) is 2. The van der Waals surface area contributed by atoms with Gasteiger partial charge in [0.25, 0.3) is 0 Å². The molecule has 3 nitrogen and oxygen atoms in total. The van der Waals surface area contributed by atoms with Gasteiger partial charge < -0.3 is 15.4 Å². The number of benzene rings is 1. The Kier molecular flexibility index (Phi) is 7.72. The van der Waals surface area contributed by atoms with Crippen LogP contribution in [0.15, 0.2) is 30.3 Å². The van der Waals surface area contributed by atoms with Gasteiger partial charge in [-0.05, 0) is 23.9 Å². The van der Waals surface area contributed by atoms with Crippen molar-refractivity contribution < 1.29 is 4.74 Å². The van der Waals surface area contributed by atoms with Gasteiger partial charge in [-0.25, -0.2) is 0 Å².